The zero-order chi connectivity index (χ0) is 18.8. The Labute approximate surface area is 162 Å². The van der Waals surface area contributed by atoms with Gasteiger partial charge in [-0.05, 0) is 61.2 Å². The van der Waals surface area contributed by atoms with Crippen molar-refractivity contribution in [3.05, 3.63) is 42.0 Å². The molecule has 27 heavy (non-hydrogen) atoms. The van der Waals surface area contributed by atoms with Gasteiger partial charge in [-0.1, -0.05) is 6.07 Å². The Balaban J connectivity index is 1.45. The van der Waals surface area contributed by atoms with Crippen LogP contribution in [0.25, 0.3) is 17.3 Å². The summed E-state index contributed by atoms with van der Waals surface area (Å²) in [5.41, 5.74) is 2.00. The maximum absolute atomic E-state index is 11.3. The van der Waals surface area contributed by atoms with Crippen molar-refractivity contribution in [2.24, 2.45) is 5.92 Å². The van der Waals surface area contributed by atoms with E-state index >= 15 is 0 Å². The van der Waals surface area contributed by atoms with Crippen LogP contribution >= 0.6 is 11.8 Å². The summed E-state index contributed by atoms with van der Waals surface area (Å²) >= 11 is 1.81. The summed E-state index contributed by atoms with van der Waals surface area (Å²) in [6.07, 6.45) is 5.55. The van der Waals surface area contributed by atoms with Gasteiger partial charge in [0.25, 0.3) is 0 Å². The summed E-state index contributed by atoms with van der Waals surface area (Å²) < 4.78 is 0. The van der Waals surface area contributed by atoms with E-state index in [2.05, 4.69) is 20.8 Å². The lowest BCUT2D eigenvalue weighted by atomic mass is 10.1. The van der Waals surface area contributed by atoms with Crippen molar-refractivity contribution in [1.82, 2.24) is 20.8 Å². The first kappa shape index (κ1) is 18.0. The number of phenolic OH excluding ortho intramolecular Hbond substituents is 1. The fraction of sp³-hybridized carbons (Fsp3) is 0.350. The fourth-order valence-corrected chi connectivity index (χ4v) is 5.01. The zero-order valence-corrected chi connectivity index (χ0v) is 15.9. The van der Waals surface area contributed by atoms with Gasteiger partial charge in [-0.25, -0.2) is 0 Å². The number of amides is 1. The molecular formula is C20H22N4O2S. The molecule has 1 saturated carbocycles. The number of carbonyl (C=O) groups is 1. The molecule has 3 N–H and O–H groups in total. The standard InChI is InChI=1S/C20H22N4O2S/c1-21-19(26)6-3-12-2-4-15(17(25)8-12)16-5-7-20(24-23-16)27-18-10-14-9-13(18)11-22-14/h2-8,13-14,18,22,25H,9-11H2,1H3,(H,21,26)/b6-3+/t13-,14-,18+/m0/s1. The maximum Gasteiger partial charge on any atom is 0.243 e. The van der Waals surface area contributed by atoms with Crippen LogP contribution in [0.3, 0.4) is 0 Å². The largest absolute Gasteiger partial charge is 0.507 e. The number of likely N-dealkylation sites (N-methyl/N-ethyl adjacent to an activating group) is 1. The van der Waals surface area contributed by atoms with E-state index in [1.54, 1.807) is 25.3 Å². The second kappa shape index (κ2) is 7.70. The highest BCUT2D eigenvalue weighted by molar-refractivity contribution is 7.99. The van der Waals surface area contributed by atoms with Crippen molar-refractivity contribution in [3.8, 4) is 17.0 Å². The van der Waals surface area contributed by atoms with Gasteiger partial charge in [-0.2, -0.15) is 0 Å². The number of carbonyl (C=O) groups excluding carboxylic acids is 1. The van der Waals surface area contributed by atoms with E-state index in [0.29, 0.717) is 22.5 Å². The Kier molecular flexibility index (Phi) is 5.13. The first-order valence-corrected chi connectivity index (χ1v) is 9.97. The van der Waals surface area contributed by atoms with Crippen molar-refractivity contribution >= 4 is 23.7 Å². The smallest absolute Gasteiger partial charge is 0.243 e. The Morgan fingerprint density at radius 3 is 2.81 bits per heavy atom. The van der Waals surface area contributed by atoms with Crippen LogP contribution in [-0.2, 0) is 4.79 Å². The van der Waals surface area contributed by atoms with Crippen LogP contribution in [0, 0.1) is 5.92 Å². The van der Waals surface area contributed by atoms with E-state index in [1.807, 2.05) is 30.0 Å². The molecule has 6 nitrogen and oxygen atoms in total. The lowest BCUT2D eigenvalue weighted by Gasteiger charge is -2.21. The number of rotatable bonds is 5. The van der Waals surface area contributed by atoms with Crippen LogP contribution < -0.4 is 10.6 Å². The average Bonchev–Trinajstić information content (AvgIpc) is 3.30. The molecule has 1 aliphatic heterocycles. The summed E-state index contributed by atoms with van der Waals surface area (Å²) in [6, 6.07) is 9.79. The van der Waals surface area contributed by atoms with Gasteiger partial charge >= 0.3 is 0 Å². The topological polar surface area (TPSA) is 87.1 Å². The molecule has 140 valence electrons. The van der Waals surface area contributed by atoms with Gasteiger partial charge in [0.1, 0.15) is 10.8 Å². The Hall–Kier alpha value is -2.38. The molecule has 0 radical (unpaired) electrons. The first-order chi connectivity index (χ1) is 13.1. The molecular weight excluding hydrogens is 360 g/mol. The number of nitrogens with zero attached hydrogens (tertiary/aromatic N) is 2. The quantitative estimate of drug-likeness (QED) is 0.689. The molecule has 4 rings (SSSR count). The van der Waals surface area contributed by atoms with Crippen LogP contribution in [0.15, 0.2) is 41.4 Å². The summed E-state index contributed by atoms with van der Waals surface area (Å²) in [4.78, 5) is 11.3. The number of thioether (sulfide) groups is 1. The van der Waals surface area contributed by atoms with Crippen LogP contribution in [0.4, 0.5) is 0 Å². The number of piperidine rings is 1. The van der Waals surface area contributed by atoms with Gasteiger partial charge in [0.2, 0.25) is 5.91 Å². The van der Waals surface area contributed by atoms with Crippen molar-refractivity contribution < 1.29 is 9.90 Å². The molecule has 2 fully saturated rings. The van der Waals surface area contributed by atoms with Crippen molar-refractivity contribution in [2.75, 3.05) is 13.6 Å². The molecule has 0 unspecified atom stereocenters. The maximum atomic E-state index is 11.3. The van der Waals surface area contributed by atoms with Gasteiger partial charge in [0, 0.05) is 30.0 Å². The minimum atomic E-state index is -0.191. The van der Waals surface area contributed by atoms with Crippen LogP contribution in [-0.4, -0.2) is 46.1 Å². The molecule has 2 bridgehead atoms. The third-order valence-electron chi connectivity index (χ3n) is 5.18. The molecule has 1 aliphatic carbocycles. The number of phenols is 1. The van der Waals surface area contributed by atoms with E-state index < -0.39 is 0 Å². The molecule has 7 heteroatoms. The predicted octanol–water partition coefficient (Wildman–Crippen LogP) is 2.45. The van der Waals surface area contributed by atoms with E-state index in [1.165, 1.54) is 18.9 Å². The number of nitrogens with one attached hydrogen (secondary N) is 2. The number of aromatic nitrogens is 2. The van der Waals surface area contributed by atoms with E-state index in [-0.39, 0.29) is 11.7 Å². The van der Waals surface area contributed by atoms with Gasteiger partial charge in [-0.3, -0.25) is 4.79 Å². The summed E-state index contributed by atoms with van der Waals surface area (Å²) in [5, 5.41) is 26.6. The number of fused-ring (bicyclic) bond motifs is 2. The monoisotopic (exact) mass is 382 g/mol. The van der Waals surface area contributed by atoms with E-state index in [9.17, 15) is 9.90 Å². The third kappa shape index (κ3) is 3.99. The Morgan fingerprint density at radius 2 is 2.19 bits per heavy atom. The van der Waals surface area contributed by atoms with Crippen molar-refractivity contribution in [3.63, 3.8) is 0 Å². The molecule has 2 heterocycles. The zero-order valence-electron chi connectivity index (χ0n) is 15.1. The normalized spacial score (nSPS) is 23.8. The third-order valence-corrected chi connectivity index (χ3v) is 6.52. The average molecular weight is 382 g/mol. The summed E-state index contributed by atoms with van der Waals surface area (Å²) in [6.45, 7) is 1.11. The lowest BCUT2D eigenvalue weighted by molar-refractivity contribution is -0.115. The Bertz CT molecular complexity index is 869. The van der Waals surface area contributed by atoms with E-state index in [4.69, 9.17) is 0 Å². The van der Waals surface area contributed by atoms with Crippen LogP contribution in [0.2, 0.25) is 0 Å². The first-order valence-electron chi connectivity index (χ1n) is 9.09. The number of hydrogen-bond acceptors (Lipinski definition) is 6. The SMILES string of the molecule is CNC(=O)/C=C/c1ccc(-c2ccc(S[C@@H]3C[C@@H]4C[C@H]3CN4)nn2)c(O)c1. The summed E-state index contributed by atoms with van der Waals surface area (Å²) in [7, 11) is 1.57. The highest BCUT2D eigenvalue weighted by Crippen LogP contribution is 2.41. The highest BCUT2D eigenvalue weighted by atomic mass is 32.2. The molecule has 3 atom stereocenters. The second-order valence-corrected chi connectivity index (χ2v) is 8.23. The van der Waals surface area contributed by atoms with Crippen molar-refractivity contribution in [1.29, 1.82) is 0 Å². The molecule has 1 aromatic heterocycles. The van der Waals surface area contributed by atoms with Crippen molar-refractivity contribution in [2.45, 2.75) is 29.2 Å². The van der Waals surface area contributed by atoms with Gasteiger partial charge in [0.15, 0.2) is 0 Å². The van der Waals surface area contributed by atoms with Gasteiger partial charge in [-0.15, -0.1) is 22.0 Å². The molecule has 1 amide bonds. The predicted molar refractivity (Wildman–Crippen MR) is 106 cm³/mol. The number of hydrogen-bond donors (Lipinski definition) is 3. The molecule has 0 spiro atoms. The molecule has 2 aliphatic rings. The summed E-state index contributed by atoms with van der Waals surface area (Å²) in [5.74, 6) is 0.660. The second-order valence-electron chi connectivity index (χ2n) is 6.97. The number of aromatic hydroxyl groups is 1. The minimum absolute atomic E-state index is 0.114. The molecule has 2 aromatic rings. The number of benzene rings is 1. The molecule has 1 aromatic carbocycles. The van der Waals surface area contributed by atoms with Gasteiger partial charge in [0.05, 0.1) is 5.69 Å². The minimum Gasteiger partial charge on any atom is -0.507 e. The van der Waals surface area contributed by atoms with Gasteiger partial charge < -0.3 is 15.7 Å². The Morgan fingerprint density at radius 1 is 1.30 bits per heavy atom. The fourth-order valence-electron chi connectivity index (χ4n) is 3.74. The van der Waals surface area contributed by atoms with Crippen LogP contribution in [0.1, 0.15) is 18.4 Å². The van der Waals surface area contributed by atoms with Crippen LogP contribution in [0.5, 0.6) is 5.75 Å². The highest BCUT2D eigenvalue weighted by Gasteiger charge is 2.39. The van der Waals surface area contributed by atoms with E-state index in [0.717, 1.165) is 23.1 Å². The molecule has 1 saturated heterocycles. The lowest BCUT2D eigenvalue weighted by Crippen LogP contribution is -2.30.